The summed E-state index contributed by atoms with van der Waals surface area (Å²) in [7, 11) is -8.40. The van der Waals surface area contributed by atoms with Crippen LogP contribution in [0, 0.1) is 0 Å². The Kier molecular flexibility index (Phi) is 10.8. The Balaban J connectivity index is 0.00000225. The molecule has 3 aromatic rings. The average Bonchev–Trinajstić information content (AvgIpc) is 2.59. The first-order valence-electron chi connectivity index (χ1n) is 8.72. The summed E-state index contributed by atoms with van der Waals surface area (Å²) in [6, 6.07) is 7.78. The van der Waals surface area contributed by atoms with Crippen LogP contribution in [0.5, 0.6) is 0 Å². The second kappa shape index (κ2) is 11.6. The number of rotatable bonds is 8. The van der Waals surface area contributed by atoms with Gasteiger partial charge in [0.2, 0.25) is 0 Å². The van der Waals surface area contributed by atoms with Crippen LogP contribution in [-0.4, -0.2) is 37.4 Å². The monoisotopic (exact) mass is 470 g/mol. The van der Waals surface area contributed by atoms with Crippen molar-refractivity contribution in [2.24, 2.45) is 0 Å². The van der Waals surface area contributed by atoms with Crippen LogP contribution in [0.2, 0.25) is 0 Å². The number of pyridine rings is 2. The summed E-state index contributed by atoms with van der Waals surface area (Å²) >= 11 is 0. The minimum Gasteiger partial charge on any atom is -0.748 e. The zero-order valence-electron chi connectivity index (χ0n) is 17.0. The molecule has 0 aliphatic rings. The van der Waals surface area contributed by atoms with Crippen molar-refractivity contribution in [3.8, 4) is 0 Å². The minimum absolute atomic E-state index is 0. The van der Waals surface area contributed by atoms with Gasteiger partial charge >= 0.3 is 59.1 Å². The van der Waals surface area contributed by atoms with Gasteiger partial charge in [0.1, 0.15) is 13.1 Å². The Bertz CT molecular complexity index is 1140. The maximum atomic E-state index is 10.7. The van der Waals surface area contributed by atoms with E-state index < -0.39 is 20.2 Å². The summed E-state index contributed by atoms with van der Waals surface area (Å²) in [5.41, 5.74) is 0. The average molecular weight is 470 g/mol. The van der Waals surface area contributed by atoms with Crippen LogP contribution in [-0.2, 0) is 33.3 Å². The second-order valence-electron chi connectivity index (χ2n) is 6.67. The van der Waals surface area contributed by atoms with Crippen molar-refractivity contribution in [2.75, 3.05) is 11.5 Å². The van der Waals surface area contributed by atoms with E-state index in [9.17, 15) is 25.9 Å². The van der Waals surface area contributed by atoms with E-state index in [1.165, 1.54) is 0 Å². The van der Waals surface area contributed by atoms with Gasteiger partial charge in [-0.05, 0) is 12.1 Å². The van der Waals surface area contributed by atoms with Gasteiger partial charge in [-0.2, -0.15) is 0 Å². The Hall–Kier alpha value is -0.140. The molecule has 1 aromatic carbocycles. The predicted molar refractivity (Wildman–Crippen MR) is 100 cm³/mol. The summed E-state index contributed by atoms with van der Waals surface area (Å²) < 4.78 is 68.0. The molecule has 0 bridgehead atoms. The van der Waals surface area contributed by atoms with Gasteiger partial charge in [0.05, 0.1) is 20.2 Å². The molecule has 0 aliphatic heterocycles. The standard InChI is InChI=1S/C18H20N2O6S2.2Na/c21-27(22,23)11-1-7-19-9-5-17-15(13-19)3-4-16-14-20(10-6-18(16)17)8-2-12-28(24,25)26;;/h3-6,9-10,13-14H,1-2,7-8,11-12H2;;/q;2*+1. The smallest absolute Gasteiger partial charge is 0.748 e. The van der Waals surface area contributed by atoms with E-state index >= 15 is 0 Å². The van der Waals surface area contributed by atoms with Crippen LogP contribution in [0.25, 0.3) is 21.5 Å². The molecule has 0 fully saturated rings. The maximum Gasteiger partial charge on any atom is 1.00 e. The van der Waals surface area contributed by atoms with Gasteiger partial charge in [-0.25, -0.2) is 26.0 Å². The van der Waals surface area contributed by atoms with Crippen molar-refractivity contribution in [1.82, 2.24) is 0 Å². The summed E-state index contributed by atoms with van der Waals surface area (Å²) in [6.45, 7) is 0.875. The Morgan fingerprint density at radius 2 is 1.03 bits per heavy atom. The zero-order chi connectivity index (χ0) is 20.4. The second-order valence-corrected chi connectivity index (χ2v) is 9.71. The van der Waals surface area contributed by atoms with Crippen LogP contribution in [0.3, 0.4) is 0 Å². The van der Waals surface area contributed by atoms with Gasteiger partial charge in [0.15, 0.2) is 24.8 Å². The molecule has 0 aliphatic carbocycles. The van der Waals surface area contributed by atoms with E-state index in [0.29, 0.717) is 13.1 Å². The maximum absolute atomic E-state index is 10.7. The summed E-state index contributed by atoms with van der Waals surface area (Å²) in [5.74, 6) is -0.771. The normalized spacial score (nSPS) is 11.8. The topological polar surface area (TPSA) is 122 Å². The Morgan fingerprint density at radius 3 is 1.37 bits per heavy atom. The van der Waals surface area contributed by atoms with Crippen molar-refractivity contribution in [3.63, 3.8) is 0 Å². The quantitative estimate of drug-likeness (QED) is 0.140. The molecule has 2 heterocycles. The van der Waals surface area contributed by atoms with Gasteiger partial charge in [-0.1, -0.05) is 0 Å². The number of hydrogen-bond acceptors (Lipinski definition) is 6. The molecule has 150 valence electrons. The number of aromatic nitrogens is 2. The van der Waals surface area contributed by atoms with Crippen molar-refractivity contribution < 1.29 is 94.2 Å². The van der Waals surface area contributed by atoms with Crippen molar-refractivity contribution in [1.29, 1.82) is 0 Å². The predicted octanol–water partition coefficient (Wildman–Crippen LogP) is -5.55. The van der Waals surface area contributed by atoms with E-state index in [0.717, 1.165) is 21.5 Å². The van der Waals surface area contributed by atoms with Gasteiger partial charge in [-0.3, -0.25) is 0 Å². The van der Waals surface area contributed by atoms with Gasteiger partial charge in [0.25, 0.3) is 0 Å². The molecule has 30 heavy (non-hydrogen) atoms. The number of hydrogen-bond donors (Lipinski definition) is 0. The van der Waals surface area contributed by atoms with E-state index in [-0.39, 0.29) is 83.5 Å². The van der Waals surface area contributed by atoms with Crippen LogP contribution in [0.1, 0.15) is 12.8 Å². The van der Waals surface area contributed by atoms with Crippen LogP contribution in [0.15, 0.2) is 49.1 Å². The summed E-state index contributed by atoms with van der Waals surface area (Å²) in [6.07, 6.45) is 8.03. The summed E-state index contributed by atoms with van der Waals surface area (Å²) in [5, 5.41) is 4.02. The van der Waals surface area contributed by atoms with E-state index in [1.807, 2.05) is 58.2 Å². The molecule has 8 nitrogen and oxygen atoms in total. The van der Waals surface area contributed by atoms with E-state index in [4.69, 9.17) is 0 Å². The summed E-state index contributed by atoms with van der Waals surface area (Å²) in [4.78, 5) is 0. The molecule has 0 N–H and O–H groups in total. The first-order chi connectivity index (χ1) is 13.1. The SMILES string of the molecule is O=S(=O)([O-])CCC[n+]1ccc2c(ccc3c[n+](CCCS(=O)(=O)[O-])ccc32)c1.[Na+].[Na+]. The van der Waals surface area contributed by atoms with Crippen LogP contribution in [0.4, 0.5) is 0 Å². The van der Waals surface area contributed by atoms with Crippen LogP contribution >= 0.6 is 0 Å². The molecule has 0 saturated carbocycles. The van der Waals surface area contributed by atoms with Crippen molar-refractivity contribution in [2.45, 2.75) is 25.9 Å². The molecule has 0 amide bonds. The molecule has 0 unspecified atom stereocenters. The number of fused-ring (bicyclic) bond motifs is 3. The van der Waals surface area contributed by atoms with Gasteiger partial charge in [0, 0.05) is 58.0 Å². The molecular formula is C18H20N2Na2O6S2+2. The fourth-order valence-corrected chi connectivity index (χ4v) is 4.14. The minimum atomic E-state index is -4.20. The third-order valence-electron chi connectivity index (χ3n) is 4.45. The van der Waals surface area contributed by atoms with E-state index in [1.54, 1.807) is 0 Å². The molecule has 12 heteroatoms. The van der Waals surface area contributed by atoms with Crippen molar-refractivity contribution in [3.05, 3.63) is 49.1 Å². The number of aryl methyl sites for hydroxylation is 2. The Morgan fingerprint density at radius 1 is 0.667 bits per heavy atom. The molecule has 0 spiro atoms. The molecular weight excluding hydrogens is 450 g/mol. The fourth-order valence-electron chi connectivity index (χ4n) is 3.18. The molecule has 3 rings (SSSR count). The number of nitrogens with zero attached hydrogens (tertiary/aromatic N) is 2. The molecule has 0 saturated heterocycles. The molecule has 0 radical (unpaired) electrons. The number of benzene rings is 1. The fraction of sp³-hybridized carbons (Fsp3) is 0.333. The van der Waals surface area contributed by atoms with E-state index in [2.05, 4.69) is 0 Å². The zero-order valence-corrected chi connectivity index (χ0v) is 22.7. The molecule has 0 atom stereocenters. The van der Waals surface area contributed by atoms with Crippen molar-refractivity contribution >= 4 is 41.8 Å². The third kappa shape index (κ3) is 8.42. The first kappa shape index (κ1) is 27.9. The largest absolute Gasteiger partial charge is 1.00 e. The van der Waals surface area contributed by atoms with Gasteiger partial charge < -0.3 is 9.11 Å². The van der Waals surface area contributed by atoms with Gasteiger partial charge in [-0.15, -0.1) is 0 Å². The Labute approximate surface area is 220 Å². The first-order valence-corrected chi connectivity index (χ1v) is 11.9. The molecule has 2 aromatic heterocycles. The third-order valence-corrected chi connectivity index (χ3v) is 6.03. The van der Waals surface area contributed by atoms with Crippen LogP contribution < -0.4 is 68.2 Å².